The SMILES string of the molecule is c1ccc([Si]2(c3ccccc3)c3ccccc3N(c3ccccn3)c3cc([Si](c4ccccc4)(c4ccccc4)c4ccc5c6ccccc6n6ccnc6c5c4)c4c(oc5ccccc54)c32)cc1. The van der Waals surface area contributed by atoms with Crippen LogP contribution in [-0.2, 0) is 0 Å². The van der Waals surface area contributed by atoms with Crippen LogP contribution in [0.3, 0.4) is 0 Å². The minimum absolute atomic E-state index is 0.849. The van der Waals surface area contributed by atoms with Gasteiger partial charge in [-0.2, -0.15) is 0 Å². The fourth-order valence-electron chi connectivity index (χ4n) is 12.0. The minimum Gasteiger partial charge on any atom is -0.456 e. The zero-order valence-electron chi connectivity index (χ0n) is 37.4. The lowest BCUT2D eigenvalue weighted by atomic mass is 10.1. The van der Waals surface area contributed by atoms with Crippen LogP contribution in [0.1, 0.15) is 0 Å². The molecule has 5 nitrogen and oxygen atoms in total. The van der Waals surface area contributed by atoms with Gasteiger partial charge in [0.15, 0.2) is 16.1 Å². The van der Waals surface area contributed by atoms with Gasteiger partial charge in [-0.05, 0) is 78.1 Å². The lowest BCUT2D eigenvalue weighted by Gasteiger charge is -2.45. The molecule has 5 heterocycles. The Balaban J connectivity index is 1.24. The Hall–Kier alpha value is -8.63. The van der Waals surface area contributed by atoms with Gasteiger partial charge in [0.2, 0.25) is 0 Å². The van der Waals surface area contributed by atoms with Crippen LogP contribution < -0.4 is 46.4 Å². The molecule has 69 heavy (non-hydrogen) atoms. The highest BCUT2D eigenvalue weighted by Gasteiger charge is 2.53. The van der Waals surface area contributed by atoms with E-state index in [-0.39, 0.29) is 0 Å². The molecule has 0 fully saturated rings. The van der Waals surface area contributed by atoms with Crippen LogP contribution in [-0.4, -0.2) is 30.5 Å². The molecule has 13 aromatic rings. The maximum Gasteiger partial charge on any atom is 0.188 e. The van der Waals surface area contributed by atoms with Crippen molar-refractivity contribution in [2.24, 2.45) is 0 Å². The number of nitrogens with zero attached hydrogens (tertiary/aromatic N) is 4. The third kappa shape index (κ3) is 5.57. The average Bonchev–Trinajstić information content (AvgIpc) is 4.09. The normalized spacial score (nSPS) is 13.3. The molecule has 0 atom stereocenters. The van der Waals surface area contributed by atoms with E-state index in [0.29, 0.717) is 0 Å². The maximum atomic E-state index is 7.65. The van der Waals surface area contributed by atoms with E-state index in [1.807, 2.05) is 18.5 Å². The fourth-order valence-corrected chi connectivity index (χ4v) is 22.2. The summed E-state index contributed by atoms with van der Waals surface area (Å²) in [5.74, 6) is 0.849. The highest BCUT2D eigenvalue weighted by molar-refractivity contribution is 7.23. The van der Waals surface area contributed by atoms with Gasteiger partial charge in [-0.1, -0.05) is 200 Å². The molecule has 1 aliphatic heterocycles. The van der Waals surface area contributed by atoms with E-state index in [9.17, 15) is 0 Å². The molecule has 0 radical (unpaired) electrons. The first kappa shape index (κ1) is 39.5. The molecule has 1 aliphatic rings. The third-order valence-corrected chi connectivity index (χ3v) is 24.3. The van der Waals surface area contributed by atoms with Crippen LogP contribution in [0, 0.1) is 0 Å². The summed E-state index contributed by atoms with van der Waals surface area (Å²) >= 11 is 0. The van der Waals surface area contributed by atoms with Gasteiger partial charge in [0, 0.05) is 51.0 Å². The molecule has 0 aliphatic carbocycles. The highest BCUT2D eigenvalue weighted by Crippen LogP contribution is 2.42. The molecule has 0 saturated carbocycles. The van der Waals surface area contributed by atoms with Gasteiger partial charge in [-0.25, -0.2) is 9.97 Å². The van der Waals surface area contributed by atoms with Crippen molar-refractivity contribution in [1.82, 2.24) is 14.4 Å². The van der Waals surface area contributed by atoms with Crippen molar-refractivity contribution in [3.63, 3.8) is 0 Å². The summed E-state index contributed by atoms with van der Waals surface area (Å²) in [6.07, 6.45) is 5.93. The molecule has 324 valence electrons. The molecular formula is C62H42N4OSi2. The van der Waals surface area contributed by atoms with Gasteiger partial charge >= 0.3 is 0 Å². The summed E-state index contributed by atoms with van der Waals surface area (Å²) in [5.41, 5.74) is 6.07. The molecule has 9 aromatic carbocycles. The number of benzene rings is 9. The van der Waals surface area contributed by atoms with Gasteiger partial charge < -0.3 is 4.42 Å². The quantitative estimate of drug-likeness (QED) is 0.0909. The van der Waals surface area contributed by atoms with Gasteiger partial charge in [0.25, 0.3) is 0 Å². The molecule has 4 aromatic heterocycles. The monoisotopic (exact) mass is 914 g/mol. The number of hydrogen-bond acceptors (Lipinski definition) is 4. The van der Waals surface area contributed by atoms with Gasteiger partial charge in [0.05, 0.1) is 11.2 Å². The van der Waals surface area contributed by atoms with Crippen molar-refractivity contribution in [3.05, 3.63) is 255 Å². The summed E-state index contributed by atoms with van der Waals surface area (Å²) in [7, 11) is -6.65. The van der Waals surface area contributed by atoms with E-state index in [2.05, 4.69) is 246 Å². The zero-order chi connectivity index (χ0) is 45.5. The lowest BCUT2D eigenvalue weighted by Crippen LogP contribution is -2.78. The summed E-state index contributed by atoms with van der Waals surface area (Å²) in [4.78, 5) is 12.7. The van der Waals surface area contributed by atoms with Crippen LogP contribution in [0.4, 0.5) is 17.2 Å². The molecule has 0 amide bonds. The highest BCUT2D eigenvalue weighted by atomic mass is 28.3. The number of aromatic nitrogens is 3. The number of fused-ring (bicyclic) bond motifs is 12. The van der Waals surface area contributed by atoms with Crippen LogP contribution in [0.15, 0.2) is 260 Å². The number of para-hydroxylation sites is 3. The Morgan fingerprint density at radius 3 is 1.78 bits per heavy atom. The summed E-state index contributed by atoms with van der Waals surface area (Å²) in [5, 5.41) is 15.9. The van der Waals surface area contributed by atoms with Crippen molar-refractivity contribution < 1.29 is 4.42 Å². The van der Waals surface area contributed by atoms with Crippen molar-refractivity contribution in [2.75, 3.05) is 4.90 Å². The predicted octanol–water partition coefficient (Wildman–Crippen LogP) is 9.47. The number of rotatable bonds is 7. The summed E-state index contributed by atoms with van der Waals surface area (Å²) in [6.45, 7) is 0. The van der Waals surface area contributed by atoms with Crippen molar-refractivity contribution in [1.29, 1.82) is 0 Å². The Bertz CT molecular complexity index is 4010. The largest absolute Gasteiger partial charge is 0.456 e. The average molecular weight is 915 g/mol. The molecule has 7 heteroatoms. The molecule has 0 saturated heterocycles. The Kier molecular flexibility index (Phi) is 8.86. The minimum atomic E-state index is -3.41. The number of hydrogen-bond donors (Lipinski definition) is 0. The lowest BCUT2D eigenvalue weighted by molar-refractivity contribution is 0.671. The van der Waals surface area contributed by atoms with Gasteiger partial charge in [-0.15, -0.1) is 0 Å². The topological polar surface area (TPSA) is 46.6 Å². The van der Waals surface area contributed by atoms with E-state index in [1.165, 1.54) is 52.3 Å². The Morgan fingerprint density at radius 1 is 0.449 bits per heavy atom. The molecule has 0 spiro atoms. The van der Waals surface area contributed by atoms with E-state index in [4.69, 9.17) is 14.4 Å². The van der Waals surface area contributed by atoms with Crippen LogP contribution >= 0.6 is 0 Å². The third-order valence-electron chi connectivity index (χ3n) is 14.7. The zero-order valence-corrected chi connectivity index (χ0v) is 39.4. The first-order valence-corrected chi connectivity index (χ1v) is 27.6. The first-order chi connectivity index (χ1) is 34.3. The van der Waals surface area contributed by atoms with E-state index in [0.717, 1.165) is 55.7 Å². The second kappa shape index (κ2) is 15.5. The van der Waals surface area contributed by atoms with Gasteiger partial charge in [0.1, 0.15) is 22.6 Å². The fraction of sp³-hybridized carbons (Fsp3) is 0. The van der Waals surface area contributed by atoms with Crippen LogP contribution in [0.5, 0.6) is 0 Å². The number of imidazole rings is 1. The predicted molar refractivity (Wildman–Crippen MR) is 291 cm³/mol. The molecular weight excluding hydrogens is 873 g/mol. The maximum absolute atomic E-state index is 7.65. The van der Waals surface area contributed by atoms with Crippen LogP contribution in [0.2, 0.25) is 0 Å². The van der Waals surface area contributed by atoms with E-state index in [1.54, 1.807) is 0 Å². The first-order valence-electron chi connectivity index (χ1n) is 23.6. The Morgan fingerprint density at radius 2 is 1.07 bits per heavy atom. The second-order valence-electron chi connectivity index (χ2n) is 18.0. The van der Waals surface area contributed by atoms with Crippen molar-refractivity contribution >= 4 is 124 Å². The number of pyridine rings is 2. The van der Waals surface area contributed by atoms with Crippen LogP contribution in [0.25, 0.3) is 49.3 Å². The molecule has 0 N–H and O–H groups in total. The molecule has 14 rings (SSSR count). The Labute approximate surface area is 400 Å². The molecule has 0 bridgehead atoms. The number of anilines is 3. The summed E-state index contributed by atoms with van der Waals surface area (Å²) in [6, 6.07) is 87.6. The smallest absolute Gasteiger partial charge is 0.188 e. The number of furan rings is 1. The van der Waals surface area contributed by atoms with Gasteiger partial charge in [-0.3, -0.25) is 9.30 Å². The standard InChI is InChI=1S/C62H42N4OSi2/c1-5-21-43(22-6-1)68(44-23-7-2-8-24-44,47-36-37-48-49-29-13-15-31-52(49)65-40-39-64-62(65)51(48)41-47)57-42-54-61(60-59(57)50-30-14-17-33-55(50)67-60)69(45-25-9-3-10-26-45,46-27-11-4-12-28-46)56-34-18-16-32-53(56)66(54)58-35-19-20-38-63-58/h1-42H. The van der Waals surface area contributed by atoms with Crippen molar-refractivity contribution in [3.8, 4) is 0 Å². The summed E-state index contributed by atoms with van der Waals surface area (Å²) < 4.78 is 9.90. The van der Waals surface area contributed by atoms with Crippen molar-refractivity contribution in [2.45, 2.75) is 0 Å². The van der Waals surface area contributed by atoms with E-state index >= 15 is 0 Å². The second-order valence-corrected chi connectivity index (χ2v) is 25.5. The van der Waals surface area contributed by atoms with E-state index < -0.39 is 16.1 Å². The molecule has 0 unspecified atom stereocenters.